The van der Waals surface area contributed by atoms with Crippen LogP contribution in [0.3, 0.4) is 0 Å². The second-order valence-corrected chi connectivity index (χ2v) is 6.13. The maximum absolute atomic E-state index is 13.8. The number of hydrogen-bond acceptors (Lipinski definition) is 7. The van der Waals surface area contributed by atoms with Crippen molar-refractivity contribution in [1.82, 2.24) is 5.32 Å². The molecule has 1 aliphatic heterocycles. The molecule has 0 spiro atoms. The zero-order valence-electron chi connectivity index (χ0n) is 12.5. The van der Waals surface area contributed by atoms with Crippen LogP contribution in [-0.4, -0.2) is 37.5 Å². The van der Waals surface area contributed by atoms with Gasteiger partial charge >= 0.3 is 5.97 Å². The third-order valence-electron chi connectivity index (χ3n) is 2.72. The molecule has 1 aromatic carbocycles. The van der Waals surface area contributed by atoms with Crippen LogP contribution in [0.4, 0.5) is 4.39 Å². The number of amides is 1. The quantitative estimate of drug-likeness (QED) is 0.352. The Hall–Kier alpha value is -2.20. The summed E-state index contributed by atoms with van der Waals surface area (Å²) in [6, 6.07) is 2.70. The molecule has 0 atom stereocenters. The van der Waals surface area contributed by atoms with Crippen LogP contribution in [0.1, 0.15) is 5.56 Å². The minimum atomic E-state index is -0.650. The maximum Gasteiger partial charge on any atom is 0.331 e. The highest BCUT2D eigenvalue weighted by Gasteiger charge is 2.25. The van der Waals surface area contributed by atoms with E-state index in [1.165, 1.54) is 32.6 Å². The van der Waals surface area contributed by atoms with Gasteiger partial charge < -0.3 is 9.47 Å². The maximum atomic E-state index is 13.8. The zero-order chi connectivity index (χ0) is 17.7. The standard InChI is InChI=1S/C14H11BrFN3O4S/c1-22-10-4-9(16)7(3-8(10)15)6-17-19-14-18-13(21)11(24-14)5-12(20)23-2/h3-6H,1-2H3,(H,18,19,21)/b11-5+,17-6?. The van der Waals surface area contributed by atoms with Gasteiger partial charge in [-0.05, 0) is 33.8 Å². The minimum absolute atomic E-state index is 0.133. The molecule has 1 heterocycles. The number of nitrogens with one attached hydrogen (secondary N) is 1. The fraction of sp³-hybridized carbons (Fsp3) is 0.143. The van der Waals surface area contributed by atoms with E-state index < -0.39 is 17.7 Å². The van der Waals surface area contributed by atoms with Crippen LogP contribution in [0, 0.1) is 5.82 Å². The van der Waals surface area contributed by atoms with Gasteiger partial charge in [0.25, 0.3) is 5.91 Å². The zero-order valence-corrected chi connectivity index (χ0v) is 14.9. The number of methoxy groups -OCH3 is 2. The third kappa shape index (κ3) is 4.42. The number of hydrogen-bond donors (Lipinski definition) is 1. The number of amidine groups is 1. The second kappa shape index (κ2) is 8.06. The number of halogens is 2. The van der Waals surface area contributed by atoms with Gasteiger partial charge in [-0.15, -0.1) is 5.10 Å². The Kier molecular flexibility index (Phi) is 6.10. The van der Waals surface area contributed by atoms with Gasteiger partial charge in [-0.2, -0.15) is 5.10 Å². The Morgan fingerprint density at radius 3 is 2.83 bits per heavy atom. The predicted molar refractivity (Wildman–Crippen MR) is 91.5 cm³/mol. The first-order valence-electron chi connectivity index (χ1n) is 6.37. The SMILES string of the molecule is COC(=O)/C=C1/S/C(=N\N=Cc2cc(Br)c(OC)cc2F)NC1=O. The average Bonchev–Trinajstić information content (AvgIpc) is 2.89. The van der Waals surface area contributed by atoms with Crippen molar-refractivity contribution in [3.63, 3.8) is 0 Å². The molecular formula is C14H11BrFN3O4S. The van der Waals surface area contributed by atoms with Gasteiger partial charge in [-0.3, -0.25) is 10.1 Å². The summed E-state index contributed by atoms with van der Waals surface area (Å²) in [6.07, 6.45) is 2.24. The molecule has 10 heteroatoms. The average molecular weight is 416 g/mol. The fourth-order valence-corrected chi connectivity index (χ4v) is 2.85. The molecule has 24 heavy (non-hydrogen) atoms. The van der Waals surface area contributed by atoms with E-state index in [4.69, 9.17) is 4.74 Å². The molecule has 0 bridgehead atoms. The van der Waals surface area contributed by atoms with E-state index in [0.29, 0.717) is 10.2 Å². The molecule has 0 saturated carbocycles. The van der Waals surface area contributed by atoms with E-state index in [1.807, 2.05) is 0 Å². The van der Waals surface area contributed by atoms with Crippen molar-refractivity contribution >= 4 is 51.0 Å². The molecule has 1 aromatic rings. The molecule has 0 radical (unpaired) electrons. The third-order valence-corrected chi connectivity index (χ3v) is 4.24. The van der Waals surface area contributed by atoms with E-state index in [0.717, 1.165) is 17.8 Å². The Morgan fingerprint density at radius 1 is 1.42 bits per heavy atom. The van der Waals surface area contributed by atoms with Crippen LogP contribution in [0.15, 0.2) is 37.8 Å². The normalized spacial score (nSPS) is 17.6. The predicted octanol–water partition coefficient (Wildman–Crippen LogP) is 2.21. The monoisotopic (exact) mass is 415 g/mol. The van der Waals surface area contributed by atoms with Crippen molar-refractivity contribution in [2.24, 2.45) is 10.2 Å². The van der Waals surface area contributed by atoms with E-state index >= 15 is 0 Å². The first kappa shape index (κ1) is 18.1. The van der Waals surface area contributed by atoms with Gasteiger partial charge in [0.05, 0.1) is 29.8 Å². The Morgan fingerprint density at radius 2 is 2.17 bits per heavy atom. The lowest BCUT2D eigenvalue weighted by Crippen LogP contribution is -2.19. The first-order valence-corrected chi connectivity index (χ1v) is 7.98. The Labute approximate surface area is 149 Å². The van der Waals surface area contributed by atoms with Crippen molar-refractivity contribution < 1.29 is 23.5 Å². The summed E-state index contributed by atoms with van der Waals surface area (Å²) in [4.78, 5) is 22.9. The van der Waals surface area contributed by atoms with Crippen molar-refractivity contribution in [2.45, 2.75) is 0 Å². The number of ether oxygens (including phenoxy) is 2. The van der Waals surface area contributed by atoms with Crippen LogP contribution < -0.4 is 10.1 Å². The highest BCUT2D eigenvalue weighted by molar-refractivity contribution is 9.10. The van der Waals surface area contributed by atoms with Gasteiger partial charge in [0.2, 0.25) is 0 Å². The summed E-state index contributed by atoms with van der Waals surface area (Å²) in [5, 5.41) is 10.1. The molecule has 0 aliphatic carbocycles. The molecule has 7 nitrogen and oxygen atoms in total. The summed E-state index contributed by atoms with van der Waals surface area (Å²) in [5.41, 5.74) is 0.187. The van der Waals surface area contributed by atoms with Crippen LogP contribution in [0.2, 0.25) is 0 Å². The highest BCUT2D eigenvalue weighted by Crippen LogP contribution is 2.27. The Bertz CT molecular complexity index is 780. The number of carbonyl (C=O) groups is 2. The van der Waals surface area contributed by atoms with E-state index in [1.54, 1.807) is 0 Å². The molecule has 126 valence electrons. The van der Waals surface area contributed by atoms with Gasteiger partial charge in [0, 0.05) is 17.7 Å². The van der Waals surface area contributed by atoms with Gasteiger partial charge in [0.15, 0.2) is 5.17 Å². The molecule has 1 saturated heterocycles. The lowest BCUT2D eigenvalue weighted by molar-refractivity contribution is -0.135. The second-order valence-electron chi connectivity index (χ2n) is 4.25. The number of thioether (sulfide) groups is 1. The van der Waals surface area contributed by atoms with Crippen molar-refractivity contribution in [3.8, 4) is 5.75 Å². The highest BCUT2D eigenvalue weighted by atomic mass is 79.9. The smallest absolute Gasteiger partial charge is 0.331 e. The number of nitrogens with zero attached hydrogens (tertiary/aromatic N) is 2. The van der Waals surface area contributed by atoms with Crippen molar-refractivity contribution in [2.75, 3.05) is 14.2 Å². The largest absolute Gasteiger partial charge is 0.495 e. The summed E-state index contributed by atoms with van der Waals surface area (Å²) < 4.78 is 23.8. The van der Waals surface area contributed by atoms with Gasteiger partial charge in [-0.1, -0.05) is 0 Å². The van der Waals surface area contributed by atoms with E-state index in [9.17, 15) is 14.0 Å². The van der Waals surface area contributed by atoms with Crippen LogP contribution >= 0.6 is 27.7 Å². The molecule has 1 fully saturated rings. The number of carbonyl (C=O) groups excluding carboxylic acids is 2. The van der Waals surface area contributed by atoms with Crippen molar-refractivity contribution in [1.29, 1.82) is 0 Å². The molecular weight excluding hydrogens is 405 g/mol. The van der Waals surface area contributed by atoms with E-state index in [-0.39, 0.29) is 15.6 Å². The minimum Gasteiger partial charge on any atom is -0.495 e. The summed E-state index contributed by atoms with van der Waals surface area (Å²) in [7, 11) is 2.64. The summed E-state index contributed by atoms with van der Waals surface area (Å²) >= 11 is 4.17. The fourth-order valence-electron chi connectivity index (χ4n) is 1.58. The summed E-state index contributed by atoms with van der Waals surface area (Å²) in [5.74, 6) is -1.32. The van der Waals surface area contributed by atoms with Crippen LogP contribution in [0.5, 0.6) is 5.75 Å². The molecule has 1 amide bonds. The molecule has 1 N–H and O–H groups in total. The molecule has 1 aliphatic rings. The van der Waals surface area contributed by atoms with Gasteiger partial charge in [-0.25, -0.2) is 9.18 Å². The van der Waals surface area contributed by atoms with Crippen LogP contribution in [0.25, 0.3) is 0 Å². The summed E-state index contributed by atoms with van der Waals surface area (Å²) in [6.45, 7) is 0. The van der Waals surface area contributed by atoms with Gasteiger partial charge in [0.1, 0.15) is 11.6 Å². The van der Waals surface area contributed by atoms with E-state index in [2.05, 4.69) is 36.2 Å². The molecule has 2 rings (SSSR count). The lowest BCUT2D eigenvalue weighted by atomic mass is 10.2. The number of rotatable bonds is 4. The molecule has 0 aromatic heterocycles. The van der Waals surface area contributed by atoms with Crippen molar-refractivity contribution in [3.05, 3.63) is 39.0 Å². The topological polar surface area (TPSA) is 89.3 Å². The number of esters is 1. The first-order chi connectivity index (χ1) is 11.4. The van der Waals surface area contributed by atoms with Crippen LogP contribution in [-0.2, 0) is 14.3 Å². The number of benzene rings is 1. The molecule has 0 unspecified atom stereocenters. The Balaban J connectivity index is 2.13. The lowest BCUT2D eigenvalue weighted by Gasteiger charge is -2.04.